The number of fused-ring (bicyclic) bond motifs is 1. The number of hydrogen-bond donors (Lipinski definition) is 3. The number of carbonyl (C=O) groups is 3. The van der Waals surface area contributed by atoms with E-state index in [1.165, 1.54) is 0 Å². The molecule has 0 bridgehead atoms. The van der Waals surface area contributed by atoms with Crippen LogP contribution in [0.15, 0.2) is 54.6 Å². The van der Waals surface area contributed by atoms with Crippen LogP contribution in [-0.2, 0) is 0 Å². The van der Waals surface area contributed by atoms with Gasteiger partial charge in [-0.1, -0.05) is 42.5 Å². The van der Waals surface area contributed by atoms with E-state index in [0.717, 1.165) is 21.9 Å². The van der Waals surface area contributed by atoms with Crippen molar-refractivity contribution >= 4 is 40.2 Å². The van der Waals surface area contributed by atoms with Crippen LogP contribution in [0.4, 0.5) is 21.0 Å². The maximum atomic E-state index is 13.8. The summed E-state index contributed by atoms with van der Waals surface area (Å²) in [6.07, 6.45) is 0.147. The number of amides is 4. The van der Waals surface area contributed by atoms with Crippen molar-refractivity contribution in [2.75, 3.05) is 17.2 Å². The molecule has 0 aromatic heterocycles. The fraction of sp³-hybridized carbons (Fsp3) is 0.269. The zero-order chi connectivity index (χ0) is 23.8. The zero-order valence-corrected chi connectivity index (χ0v) is 19.0. The lowest BCUT2D eigenvalue weighted by molar-refractivity contribution is -0.785. The van der Waals surface area contributed by atoms with Crippen LogP contribution >= 0.6 is 0 Å². The maximum Gasteiger partial charge on any atom is 0.521 e. The highest BCUT2D eigenvalue weighted by Crippen LogP contribution is 2.34. The topological polar surface area (TPSA) is 95.5 Å². The van der Waals surface area contributed by atoms with Crippen LogP contribution in [0.2, 0.25) is 0 Å². The highest BCUT2D eigenvalue weighted by molar-refractivity contribution is 6.09. The second-order valence-corrected chi connectivity index (χ2v) is 8.76. The van der Waals surface area contributed by atoms with E-state index in [2.05, 4.69) is 10.6 Å². The monoisotopic (exact) mass is 446 g/mol. The fourth-order valence-electron chi connectivity index (χ4n) is 4.76. The van der Waals surface area contributed by atoms with Gasteiger partial charge in [0.2, 0.25) is 0 Å². The van der Waals surface area contributed by atoms with Gasteiger partial charge in [0, 0.05) is 18.5 Å². The van der Waals surface area contributed by atoms with Gasteiger partial charge in [-0.2, -0.15) is 9.28 Å². The molecule has 1 unspecified atom stereocenters. The van der Waals surface area contributed by atoms with E-state index in [-0.39, 0.29) is 18.2 Å². The molecule has 3 aromatic rings. The van der Waals surface area contributed by atoms with Gasteiger partial charge in [-0.3, -0.25) is 0 Å². The van der Waals surface area contributed by atoms with Gasteiger partial charge in [0.05, 0.1) is 12.2 Å². The molecule has 4 amide bonds. The molecule has 3 N–H and O–H groups in total. The molecule has 7 heteroatoms. The number of aryl methyl sites for hydroxylation is 2. The Bertz CT molecular complexity index is 1250. The van der Waals surface area contributed by atoms with Gasteiger partial charge in [-0.25, -0.2) is 9.59 Å². The van der Waals surface area contributed by atoms with Crippen LogP contribution in [0.3, 0.4) is 0 Å². The lowest BCUT2D eigenvalue weighted by Gasteiger charge is -2.30. The SMILES string of the molecule is Cc1cccc(C)c1NC(=O)Nc1cc2ccccc2cc1C(=O)[N+]1(C(=O)O)CCC[C@H]1C. The molecular formula is C26H28N3O4+. The summed E-state index contributed by atoms with van der Waals surface area (Å²) < 4.78 is -0.661. The average Bonchev–Trinajstić information content (AvgIpc) is 3.18. The van der Waals surface area contributed by atoms with Gasteiger partial charge in [-0.05, 0) is 54.8 Å². The summed E-state index contributed by atoms with van der Waals surface area (Å²) >= 11 is 0. The quantitative estimate of drug-likeness (QED) is 0.435. The number of carbonyl (C=O) groups excluding carboxylic acids is 2. The predicted molar refractivity (Wildman–Crippen MR) is 129 cm³/mol. The van der Waals surface area contributed by atoms with Crippen molar-refractivity contribution in [2.45, 2.75) is 39.7 Å². The molecule has 7 nitrogen and oxygen atoms in total. The molecule has 1 aliphatic heterocycles. The number of nitrogens with one attached hydrogen (secondary N) is 2. The number of likely N-dealkylation sites (tertiary alicyclic amines) is 1. The zero-order valence-electron chi connectivity index (χ0n) is 19.0. The Morgan fingerprint density at radius 1 is 0.939 bits per heavy atom. The number of hydrogen-bond acceptors (Lipinski definition) is 3. The molecule has 1 saturated heterocycles. The summed E-state index contributed by atoms with van der Waals surface area (Å²) in [5.41, 5.74) is 3.02. The van der Waals surface area contributed by atoms with E-state index < -0.39 is 22.5 Å². The normalized spacial score (nSPS) is 19.9. The second-order valence-electron chi connectivity index (χ2n) is 8.76. The lowest BCUT2D eigenvalue weighted by Crippen LogP contribution is -2.58. The van der Waals surface area contributed by atoms with E-state index >= 15 is 0 Å². The van der Waals surface area contributed by atoms with Crippen molar-refractivity contribution in [3.63, 3.8) is 0 Å². The van der Waals surface area contributed by atoms with Crippen LogP contribution in [0, 0.1) is 13.8 Å². The molecule has 170 valence electrons. The van der Waals surface area contributed by atoms with Crippen molar-refractivity contribution in [2.24, 2.45) is 0 Å². The Morgan fingerprint density at radius 2 is 1.58 bits per heavy atom. The summed E-state index contributed by atoms with van der Waals surface area (Å²) in [7, 11) is 0. The summed E-state index contributed by atoms with van der Waals surface area (Å²) in [4.78, 5) is 39.0. The average molecular weight is 447 g/mol. The minimum Gasteiger partial charge on any atom is -0.435 e. The van der Waals surface area contributed by atoms with E-state index in [1.54, 1.807) is 19.1 Å². The van der Waals surface area contributed by atoms with Crippen molar-refractivity contribution < 1.29 is 24.0 Å². The third-order valence-corrected chi connectivity index (χ3v) is 6.67. The highest BCUT2D eigenvalue weighted by Gasteiger charge is 2.53. The van der Waals surface area contributed by atoms with Crippen molar-refractivity contribution in [3.8, 4) is 0 Å². The molecule has 0 aliphatic carbocycles. The molecule has 0 spiro atoms. The Kier molecular flexibility index (Phi) is 5.91. The molecule has 3 aromatic carbocycles. The molecule has 1 fully saturated rings. The van der Waals surface area contributed by atoms with Gasteiger partial charge >= 0.3 is 18.0 Å². The molecule has 0 saturated carbocycles. The first-order valence-corrected chi connectivity index (χ1v) is 11.1. The fourth-order valence-corrected chi connectivity index (χ4v) is 4.76. The Morgan fingerprint density at radius 3 is 2.15 bits per heavy atom. The first-order chi connectivity index (χ1) is 15.7. The third kappa shape index (κ3) is 3.96. The van der Waals surface area contributed by atoms with Crippen LogP contribution in [-0.4, -0.2) is 40.2 Å². The first-order valence-electron chi connectivity index (χ1n) is 11.1. The molecule has 1 aliphatic rings. The van der Waals surface area contributed by atoms with Gasteiger partial charge in [0.25, 0.3) is 0 Å². The van der Waals surface area contributed by atoms with Gasteiger partial charge in [-0.15, -0.1) is 0 Å². The van der Waals surface area contributed by atoms with Crippen LogP contribution in [0.25, 0.3) is 10.8 Å². The summed E-state index contributed by atoms with van der Waals surface area (Å²) in [6, 6.07) is 15.8. The van der Waals surface area contributed by atoms with E-state index in [1.807, 2.05) is 56.3 Å². The second kappa shape index (κ2) is 8.67. The third-order valence-electron chi connectivity index (χ3n) is 6.67. The molecule has 33 heavy (non-hydrogen) atoms. The largest absolute Gasteiger partial charge is 0.521 e. The number of imide groups is 1. The molecule has 0 radical (unpaired) electrons. The summed E-state index contributed by atoms with van der Waals surface area (Å²) in [6.45, 7) is 5.84. The minimum atomic E-state index is -1.16. The van der Waals surface area contributed by atoms with Crippen molar-refractivity contribution in [1.29, 1.82) is 0 Å². The number of para-hydroxylation sites is 1. The number of rotatable bonds is 3. The number of benzene rings is 3. The van der Waals surface area contributed by atoms with E-state index in [0.29, 0.717) is 24.2 Å². The van der Waals surface area contributed by atoms with E-state index in [4.69, 9.17) is 0 Å². The van der Waals surface area contributed by atoms with Crippen molar-refractivity contribution in [1.82, 2.24) is 0 Å². The van der Waals surface area contributed by atoms with Crippen molar-refractivity contribution in [3.05, 3.63) is 71.3 Å². The van der Waals surface area contributed by atoms with Crippen LogP contribution < -0.4 is 10.6 Å². The molecule has 1 heterocycles. The maximum absolute atomic E-state index is 13.8. The van der Waals surface area contributed by atoms with Crippen LogP contribution in [0.5, 0.6) is 0 Å². The predicted octanol–water partition coefficient (Wildman–Crippen LogP) is 5.92. The van der Waals surface area contributed by atoms with Gasteiger partial charge < -0.3 is 15.7 Å². The van der Waals surface area contributed by atoms with E-state index in [9.17, 15) is 19.5 Å². The highest BCUT2D eigenvalue weighted by atomic mass is 16.4. The first kappa shape index (κ1) is 22.5. The minimum absolute atomic E-state index is 0.196. The molecule has 2 atom stereocenters. The Hall–Kier alpha value is -3.71. The van der Waals surface area contributed by atoms with Crippen LogP contribution in [0.1, 0.15) is 41.3 Å². The molecule has 4 rings (SSSR count). The molecular weight excluding hydrogens is 418 g/mol. The summed E-state index contributed by atoms with van der Waals surface area (Å²) in [5.74, 6) is -0.513. The van der Waals surface area contributed by atoms with Gasteiger partial charge in [0.1, 0.15) is 11.6 Å². The Labute approximate surface area is 192 Å². The number of carboxylic acid groups (broad SMARTS) is 1. The smallest absolute Gasteiger partial charge is 0.435 e. The lowest BCUT2D eigenvalue weighted by atomic mass is 10.0. The summed E-state index contributed by atoms with van der Waals surface area (Å²) in [5, 5.41) is 17.4. The number of anilines is 2. The number of quaternary nitrogens is 1. The number of nitrogens with zero attached hydrogens (tertiary/aromatic N) is 1. The Balaban J connectivity index is 1.76. The van der Waals surface area contributed by atoms with Gasteiger partial charge in [0.15, 0.2) is 0 Å². The standard InChI is InChI=1S/C26H27N3O4/c1-16-8-6-9-17(2)23(16)28-25(31)27-22-15-20-12-5-4-11-19(20)14-21(22)24(30)29(26(32)33)13-7-10-18(29)3/h4-6,8-9,11-12,14-15,18H,7,10,13H2,1-3H3,(H2-,27,28,30,31,32,33)/p+1/t18-,29?/m1/s1. The number of urea groups is 1.